The van der Waals surface area contributed by atoms with Crippen LogP contribution in [0, 0.1) is 5.82 Å². The van der Waals surface area contributed by atoms with E-state index in [1.807, 2.05) is 0 Å². The van der Waals surface area contributed by atoms with E-state index in [0.717, 1.165) is 6.07 Å². The molecule has 0 aromatic heterocycles. The number of amides is 1. The van der Waals surface area contributed by atoms with Gasteiger partial charge in [0.05, 0.1) is 23.3 Å². The highest BCUT2D eigenvalue weighted by molar-refractivity contribution is 7.91. The lowest BCUT2D eigenvalue weighted by molar-refractivity contribution is 0.0915. The highest BCUT2D eigenvalue weighted by atomic mass is 32.2. The number of carbonyl (C=O) groups excluding carboxylic acids is 1. The van der Waals surface area contributed by atoms with Crippen LogP contribution < -0.4 is 5.32 Å². The number of carbonyl (C=O) groups is 1. The van der Waals surface area contributed by atoms with E-state index in [2.05, 4.69) is 5.32 Å². The van der Waals surface area contributed by atoms with Crippen LogP contribution in [0.25, 0.3) is 0 Å². The molecule has 0 saturated heterocycles. The molecule has 2 N–H and O–H groups in total. The Labute approximate surface area is 140 Å². The minimum atomic E-state index is -3.31. The molecule has 0 aliphatic heterocycles. The van der Waals surface area contributed by atoms with E-state index < -0.39 is 27.6 Å². The van der Waals surface area contributed by atoms with Crippen LogP contribution in [0.5, 0.6) is 0 Å². The number of hydrogen-bond donors (Lipinski definition) is 2. The average molecular weight is 351 g/mol. The summed E-state index contributed by atoms with van der Waals surface area (Å²) < 4.78 is 36.8. The summed E-state index contributed by atoms with van der Waals surface area (Å²) in [5, 5.41) is 12.1. The number of aliphatic hydroxyl groups excluding tert-OH is 1. The molecular weight excluding hydrogens is 333 g/mol. The van der Waals surface area contributed by atoms with Gasteiger partial charge in [-0.2, -0.15) is 0 Å². The molecule has 0 unspecified atom stereocenters. The van der Waals surface area contributed by atoms with Crippen molar-refractivity contribution in [2.45, 2.75) is 17.9 Å². The maximum Gasteiger partial charge on any atom is 0.251 e. The highest BCUT2D eigenvalue weighted by Gasteiger charge is 2.17. The maximum absolute atomic E-state index is 13.2. The van der Waals surface area contributed by atoms with Gasteiger partial charge in [-0.1, -0.05) is 25.1 Å². The van der Waals surface area contributed by atoms with Crippen LogP contribution in [0.2, 0.25) is 0 Å². The van der Waals surface area contributed by atoms with Crippen molar-refractivity contribution in [3.05, 3.63) is 65.5 Å². The van der Waals surface area contributed by atoms with Gasteiger partial charge in [-0.3, -0.25) is 4.79 Å². The maximum atomic E-state index is 13.2. The van der Waals surface area contributed by atoms with Gasteiger partial charge in [-0.25, -0.2) is 12.8 Å². The molecule has 0 aliphatic rings. The Kier molecular flexibility index (Phi) is 5.69. The van der Waals surface area contributed by atoms with Crippen molar-refractivity contribution in [3.8, 4) is 0 Å². The lowest BCUT2D eigenvalue weighted by atomic mass is 10.1. The van der Waals surface area contributed by atoms with Gasteiger partial charge in [0.15, 0.2) is 9.84 Å². The predicted octanol–water partition coefficient (Wildman–Crippen LogP) is 2.08. The smallest absolute Gasteiger partial charge is 0.251 e. The summed E-state index contributed by atoms with van der Waals surface area (Å²) >= 11 is 0. The number of aliphatic hydroxyl groups is 1. The molecule has 0 bridgehead atoms. The van der Waals surface area contributed by atoms with Crippen molar-refractivity contribution in [1.29, 1.82) is 0 Å². The fourth-order valence-corrected chi connectivity index (χ4v) is 3.06. The Hall–Kier alpha value is -2.25. The van der Waals surface area contributed by atoms with Crippen molar-refractivity contribution in [2.24, 2.45) is 0 Å². The first kappa shape index (κ1) is 18.1. The quantitative estimate of drug-likeness (QED) is 0.835. The van der Waals surface area contributed by atoms with Crippen LogP contribution in [0.3, 0.4) is 0 Å². The molecule has 1 atom stereocenters. The van der Waals surface area contributed by atoms with Crippen LogP contribution in [0.1, 0.15) is 28.9 Å². The fourth-order valence-electron chi connectivity index (χ4n) is 2.18. The minimum Gasteiger partial charge on any atom is -0.394 e. The van der Waals surface area contributed by atoms with Crippen molar-refractivity contribution >= 4 is 15.7 Å². The van der Waals surface area contributed by atoms with Crippen LogP contribution in [0.4, 0.5) is 4.39 Å². The third-order valence-corrected chi connectivity index (χ3v) is 5.35. The zero-order valence-corrected chi connectivity index (χ0v) is 13.9. The largest absolute Gasteiger partial charge is 0.394 e. The van der Waals surface area contributed by atoms with E-state index in [1.165, 1.54) is 42.5 Å². The molecule has 24 heavy (non-hydrogen) atoms. The number of rotatable bonds is 6. The average Bonchev–Trinajstić information content (AvgIpc) is 2.59. The second-order valence-electron chi connectivity index (χ2n) is 5.19. The molecule has 1 amide bonds. The Bertz CT molecular complexity index is 819. The lowest BCUT2D eigenvalue weighted by Gasteiger charge is -2.17. The monoisotopic (exact) mass is 351 g/mol. The predicted molar refractivity (Wildman–Crippen MR) is 87.9 cm³/mol. The van der Waals surface area contributed by atoms with Gasteiger partial charge in [0, 0.05) is 5.56 Å². The number of benzene rings is 2. The van der Waals surface area contributed by atoms with Gasteiger partial charge < -0.3 is 10.4 Å². The lowest BCUT2D eigenvalue weighted by Crippen LogP contribution is -2.30. The van der Waals surface area contributed by atoms with Crippen molar-refractivity contribution in [2.75, 3.05) is 12.4 Å². The molecule has 128 valence electrons. The van der Waals surface area contributed by atoms with Crippen LogP contribution in [-0.2, 0) is 9.84 Å². The summed E-state index contributed by atoms with van der Waals surface area (Å²) in [7, 11) is -3.31. The summed E-state index contributed by atoms with van der Waals surface area (Å²) in [6, 6.07) is 10.4. The van der Waals surface area contributed by atoms with E-state index in [4.69, 9.17) is 0 Å². The summed E-state index contributed by atoms with van der Waals surface area (Å²) in [5.74, 6) is -1.07. The second kappa shape index (κ2) is 7.55. The molecule has 2 rings (SSSR count). The third-order valence-electron chi connectivity index (χ3n) is 3.60. The van der Waals surface area contributed by atoms with E-state index >= 15 is 0 Å². The van der Waals surface area contributed by atoms with Gasteiger partial charge in [0.25, 0.3) is 5.91 Å². The third kappa shape index (κ3) is 4.18. The SMILES string of the molecule is CCS(=O)(=O)c1ccc([C@H](CO)NC(=O)c2cccc(F)c2)cc1. The van der Waals surface area contributed by atoms with E-state index in [0.29, 0.717) is 5.56 Å². The number of sulfone groups is 1. The van der Waals surface area contributed by atoms with Crippen molar-refractivity contribution < 1.29 is 22.7 Å². The van der Waals surface area contributed by atoms with Gasteiger partial charge >= 0.3 is 0 Å². The van der Waals surface area contributed by atoms with Crippen LogP contribution >= 0.6 is 0 Å². The van der Waals surface area contributed by atoms with Gasteiger partial charge in [0.2, 0.25) is 0 Å². The Morgan fingerprint density at radius 3 is 2.42 bits per heavy atom. The van der Waals surface area contributed by atoms with Gasteiger partial charge in [0.1, 0.15) is 5.82 Å². The number of halogens is 1. The summed E-state index contributed by atoms with van der Waals surface area (Å²) in [6.07, 6.45) is 0. The Balaban J connectivity index is 2.18. The molecular formula is C17H18FNO4S. The summed E-state index contributed by atoms with van der Waals surface area (Å²) in [4.78, 5) is 12.3. The van der Waals surface area contributed by atoms with Crippen LogP contribution in [0.15, 0.2) is 53.4 Å². The van der Waals surface area contributed by atoms with E-state index in [1.54, 1.807) is 6.92 Å². The fraction of sp³-hybridized carbons (Fsp3) is 0.235. The number of hydrogen-bond acceptors (Lipinski definition) is 4. The van der Waals surface area contributed by atoms with Crippen molar-refractivity contribution in [3.63, 3.8) is 0 Å². The Morgan fingerprint density at radius 2 is 1.88 bits per heavy atom. The molecule has 7 heteroatoms. The molecule has 0 spiro atoms. The molecule has 0 saturated carbocycles. The number of nitrogens with one attached hydrogen (secondary N) is 1. The van der Waals surface area contributed by atoms with Gasteiger partial charge in [-0.15, -0.1) is 0 Å². The first-order chi connectivity index (χ1) is 11.4. The summed E-state index contributed by atoms with van der Waals surface area (Å²) in [5.41, 5.74) is 0.691. The zero-order chi connectivity index (χ0) is 17.7. The van der Waals surface area contributed by atoms with E-state index in [-0.39, 0.29) is 22.8 Å². The topological polar surface area (TPSA) is 83.5 Å². The minimum absolute atomic E-state index is 0.00785. The second-order valence-corrected chi connectivity index (χ2v) is 7.47. The first-order valence-electron chi connectivity index (χ1n) is 7.37. The molecule has 5 nitrogen and oxygen atoms in total. The first-order valence-corrected chi connectivity index (χ1v) is 9.02. The molecule has 0 heterocycles. The molecule has 2 aromatic carbocycles. The standard InChI is InChI=1S/C17H18FNO4S/c1-2-24(22,23)15-8-6-12(7-9-15)16(11-20)19-17(21)13-4-3-5-14(18)10-13/h3-10,16,20H,2,11H2,1H3,(H,19,21)/t16-/m0/s1. The van der Waals surface area contributed by atoms with Gasteiger partial charge in [-0.05, 0) is 35.9 Å². The van der Waals surface area contributed by atoms with Crippen LogP contribution in [-0.4, -0.2) is 31.8 Å². The molecule has 0 radical (unpaired) electrons. The van der Waals surface area contributed by atoms with Crippen molar-refractivity contribution in [1.82, 2.24) is 5.32 Å². The zero-order valence-electron chi connectivity index (χ0n) is 13.1. The van der Waals surface area contributed by atoms with E-state index in [9.17, 15) is 22.7 Å². The molecule has 0 aliphatic carbocycles. The molecule has 0 fully saturated rings. The normalized spacial score (nSPS) is 12.6. The summed E-state index contributed by atoms with van der Waals surface area (Å²) in [6.45, 7) is 1.18. The molecule has 2 aromatic rings. The highest BCUT2D eigenvalue weighted by Crippen LogP contribution is 2.18. The Morgan fingerprint density at radius 1 is 1.21 bits per heavy atom.